The minimum Gasteiger partial charge on any atom is -0.508 e. The highest BCUT2D eigenvalue weighted by atomic mass is 16.5. The molecule has 0 saturated carbocycles. The highest BCUT2D eigenvalue weighted by Gasteiger charge is 2.16. The second kappa shape index (κ2) is 9.43. The monoisotopic (exact) mass is 364 g/mol. The summed E-state index contributed by atoms with van der Waals surface area (Å²) >= 11 is 0. The summed E-state index contributed by atoms with van der Waals surface area (Å²) in [6.45, 7) is 9.76. The number of ketones is 1. The molecule has 0 aromatic heterocycles. The molecule has 0 spiro atoms. The van der Waals surface area contributed by atoms with Gasteiger partial charge in [-0.1, -0.05) is 12.2 Å². The molecule has 0 radical (unpaired) electrons. The first-order valence-corrected chi connectivity index (χ1v) is 8.75. The van der Waals surface area contributed by atoms with E-state index in [1.807, 2.05) is 6.92 Å². The molecule has 2 aromatic carbocycles. The van der Waals surface area contributed by atoms with Gasteiger partial charge in [0.05, 0.1) is 6.61 Å². The van der Waals surface area contributed by atoms with Crippen LogP contribution in [0.25, 0.3) is 6.08 Å². The van der Waals surface area contributed by atoms with E-state index in [4.69, 9.17) is 4.74 Å². The van der Waals surface area contributed by atoms with Crippen LogP contribution in [0.1, 0.15) is 34.0 Å². The Balaban J connectivity index is 2.48. The standard InChI is InChI=1S/C23H24O4/c1-4-7-17-15-18(23(27-6-3)20(8-5-2)22(17)26)11-14-21(25)16-9-12-19(24)13-10-16/h4-5,9-15,24,26H,1-2,6-8H2,3H3. The number of phenolic OH excluding ortho intramolecular Hbond substituents is 2. The van der Waals surface area contributed by atoms with Crippen molar-refractivity contribution in [2.75, 3.05) is 6.61 Å². The summed E-state index contributed by atoms with van der Waals surface area (Å²) in [5.41, 5.74) is 2.53. The molecule has 0 atom stereocenters. The summed E-state index contributed by atoms with van der Waals surface area (Å²) in [5.74, 6) is 0.620. The summed E-state index contributed by atoms with van der Waals surface area (Å²) in [6.07, 6.45) is 7.48. The molecule has 0 aliphatic carbocycles. The SMILES string of the molecule is C=CCc1cc(C=CC(=O)c2ccc(O)cc2)c(OCC)c(CC=C)c1O. The van der Waals surface area contributed by atoms with Gasteiger partial charge in [0.2, 0.25) is 0 Å². The first-order valence-electron chi connectivity index (χ1n) is 8.75. The Morgan fingerprint density at radius 2 is 1.78 bits per heavy atom. The zero-order valence-electron chi connectivity index (χ0n) is 15.4. The lowest BCUT2D eigenvalue weighted by atomic mass is 9.97. The molecule has 0 saturated heterocycles. The van der Waals surface area contributed by atoms with E-state index in [1.165, 1.54) is 18.2 Å². The van der Waals surface area contributed by atoms with Gasteiger partial charge in [-0.15, -0.1) is 13.2 Å². The van der Waals surface area contributed by atoms with Crippen molar-refractivity contribution in [3.8, 4) is 17.2 Å². The second-order valence-electron chi connectivity index (χ2n) is 5.94. The Kier molecular flexibility index (Phi) is 7.00. The number of aromatic hydroxyl groups is 2. The average Bonchev–Trinajstić information content (AvgIpc) is 2.66. The van der Waals surface area contributed by atoms with Crippen LogP contribution in [0, 0.1) is 0 Å². The number of hydrogen-bond donors (Lipinski definition) is 2. The van der Waals surface area contributed by atoms with E-state index in [9.17, 15) is 15.0 Å². The van der Waals surface area contributed by atoms with E-state index < -0.39 is 0 Å². The molecule has 2 rings (SSSR count). The van der Waals surface area contributed by atoms with Gasteiger partial charge in [0, 0.05) is 16.7 Å². The molecule has 4 nitrogen and oxygen atoms in total. The zero-order valence-corrected chi connectivity index (χ0v) is 15.4. The Labute approximate surface area is 159 Å². The van der Waals surface area contributed by atoms with E-state index in [-0.39, 0.29) is 17.3 Å². The van der Waals surface area contributed by atoms with Gasteiger partial charge in [-0.05, 0) is 67.8 Å². The largest absolute Gasteiger partial charge is 0.508 e. The predicted molar refractivity (Wildman–Crippen MR) is 109 cm³/mol. The number of phenols is 2. The lowest BCUT2D eigenvalue weighted by molar-refractivity contribution is 0.104. The maximum Gasteiger partial charge on any atom is 0.185 e. The highest BCUT2D eigenvalue weighted by Crippen LogP contribution is 2.37. The number of allylic oxidation sites excluding steroid dienone is 3. The second-order valence-corrected chi connectivity index (χ2v) is 5.94. The van der Waals surface area contributed by atoms with E-state index >= 15 is 0 Å². The molecule has 0 fully saturated rings. The quantitative estimate of drug-likeness (QED) is 0.379. The molecule has 2 N–H and O–H groups in total. The highest BCUT2D eigenvalue weighted by molar-refractivity contribution is 6.07. The van der Waals surface area contributed by atoms with Crippen molar-refractivity contribution >= 4 is 11.9 Å². The van der Waals surface area contributed by atoms with Crippen molar-refractivity contribution in [1.29, 1.82) is 0 Å². The maximum atomic E-state index is 12.4. The molecule has 0 amide bonds. The smallest absolute Gasteiger partial charge is 0.185 e. The number of carbonyl (C=O) groups is 1. The number of ether oxygens (including phenoxy) is 1. The Bertz CT molecular complexity index is 861. The van der Waals surface area contributed by atoms with Gasteiger partial charge in [0.1, 0.15) is 17.2 Å². The normalized spacial score (nSPS) is 10.7. The molecule has 2 aromatic rings. The first kappa shape index (κ1) is 20.0. The molecule has 0 bridgehead atoms. The van der Waals surface area contributed by atoms with Crippen LogP contribution in [0.15, 0.2) is 61.7 Å². The van der Waals surface area contributed by atoms with E-state index in [0.29, 0.717) is 47.5 Å². The molecular formula is C23H24O4. The van der Waals surface area contributed by atoms with Crippen LogP contribution in [-0.4, -0.2) is 22.6 Å². The third kappa shape index (κ3) is 4.88. The zero-order chi connectivity index (χ0) is 19.8. The van der Waals surface area contributed by atoms with Crippen molar-refractivity contribution in [2.24, 2.45) is 0 Å². The lowest BCUT2D eigenvalue weighted by Gasteiger charge is -2.17. The molecule has 0 unspecified atom stereocenters. The number of carbonyl (C=O) groups excluding carboxylic acids is 1. The Morgan fingerprint density at radius 1 is 1.11 bits per heavy atom. The van der Waals surface area contributed by atoms with Gasteiger partial charge in [0.25, 0.3) is 0 Å². The minimum atomic E-state index is -0.193. The average molecular weight is 364 g/mol. The molecule has 0 aliphatic heterocycles. The Morgan fingerprint density at radius 3 is 2.37 bits per heavy atom. The van der Waals surface area contributed by atoms with Crippen LogP contribution in [0.3, 0.4) is 0 Å². The van der Waals surface area contributed by atoms with Gasteiger partial charge in [-0.2, -0.15) is 0 Å². The van der Waals surface area contributed by atoms with Gasteiger partial charge >= 0.3 is 0 Å². The molecule has 140 valence electrons. The summed E-state index contributed by atoms with van der Waals surface area (Å²) in [4.78, 5) is 12.4. The van der Waals surface area contributed by atoms with Gasteiger partial charge in [-0.25, -0.2) is 0 Å². The lowest BCUT2D eigenvalue weighted by Crippen LogP contribution is -2.02. The maximum absolute atomic E-state index is 12.4. The van der Waals surface area contributed by atoms with Crippen LogP contribution in [0.5, 0.6) is 17.2 Å². The van der Waals surface area contributed by atoms with E-state index in [2.05, 4.69) is 13.2 Å². The number of rotatable bonds is 9. The van der Waals surface area contributed by atoms with Crippen molar-refractivity contribution in [3.63, 3.8) is 0 Å². The molecule has 0 heterocycles. The van der Waals surface area contributed by atoms with Crippen molar-refractivity contribution < 1.29 is 19.7 Å². The van der Waals surface area contributed by atoms with Crippen LogP contribution in [-0.2, 0) is 12.8 Å². The van der Waals surface area contributed by atoms with E-state index in [1.54, 1.807) is 36.4 Å². The molecule has 0 aliphatic rings. The predicted octanol–water partition coefficient (Wildman–Crippen LogP) is 4.85. The van der Waals surface area contributed by atoms with Crippen molar-refractivity contribution in [3.05, 3.63) is 84.0 Å². The molecule has 4 heteroatoms. The molecular weight excluding hydrogens is 340 g/mol. The third-order valence-electron chi connectivity index (χ3n) is 4.02. The number of benzene rings is 2. The van der Waals surface area contributed by atoms with Crippen molar-refractivity contribution in [1.82, 2.24) is 0 Å². The summed E-state index contributed by atoms with van der Waals surface area (Å²) in [7, 11) is 0. The first-order chi connectivity index (χ1) is 13.0. The van der Waals surface area contributed by atoms with Crippen molar-refractivity contribution in [2.45, 2.75) is 19.8 Å². The summed E-state index contributed by atoms with van der Waals surface area (Å²) in [5, 5.41) is 19.9. The minimum absolute atomic E-state index is 0.107. The van der Waals surface area contributed by atoms with Gasteiger partial charge < -0.3 is 14.9 Å². The van der Waals surface area contributed by atoms with Crippen LogP contribution < -0.4 is 4.74 Å². The third-order valence-corrected chi connectivity index (χ3v) is 4.02. The van der Waals surface area contributed by atoms with Gasteiger partial charge in [0.15, 0.2) is 5.78 Å². The fraction of sp³-hybridized carbons (Fsp3) is 0.174. The molecule has 27 heavy (non-hydrogen) atoms. The van der Waals surface area contributed by atoms with Crippen LogP contribution in [0.2, 0.25) is 0 Å². The van der Waals surface area contributed by atoms with Crippen LogP contribution in [0.4, 0.5) is 0 Å². The summed E-state index contributed by atoms with van der Waals surface area (Å²) < 4.78 is 5.76. The van der Waals surface area contributed by atoms with Crippen LogP contribution >= 0.6 is 0 Å². The number of hydrogen-bond acceptors (Lipinski definition) is 4. The topological polar surface area (TPSA) is 66.8 Å². The fourth-order valence-corrected chi connectivity index (χ4v) is 2.77. The van der Waals surface area contributed by atoms with Gasteiger partial charge in [-0.3, -0.25) is 4.79 Å². The fourth-order valence-electron chi connectivity index (χ4n) is 2.77. The van der Waals surface area contributed by atoms with E-state index in [0.717, 1.165) is 0 Å². The Hall–Kier alpha value is -3.27. The summed E-state index contributed by atoms with van der Waals surface area (Å²) in [6, 6.07) is 7.87.